The maximum absolute atomic E-state index is 14.2. The second-order valence-corrected chi connectivity index (χ2v) is 12.0. The number of aromatic nitrogens is 2. The van der Waals surface area contributed by atoms with Crippen LogP contribution in [0.15, 0.2) is 71.0 Å². The highest BCUT2D eigenvalue weighted by molar-refractivity contribution is 6.25. The standard InChI is InChI=1S/C32H33N3O5/c1-18-12-9-13-19(2)24(18)35-27-22(28(36)39-30(3,4)5)23(29(37)40-31(6,7)8)32(38-27)25-20(14-10-16-33-25)21-15-11-17-34-26(21)32/h9-17H,1-8H3. The van der Waals surface area contributed by atoms with Crippen LogP contribution in [0.1, 0.15) is 64.1 Å². The van der Waals surface area contributed by atoms with Gasteiger partial charge in [-0.1, -0.05) is 30.3 Å². The predicted octanol–water partition coefficient (Wildman–Crippen LogP) is 6.06. The summed E-state index contributed by atoms with van der Waals surface area (Å²) >= 11 is 0. The third-order valence-electron chi connectivity index (χ3n) is 6.50. The number of aryl methyl sites for hydroxylation is 2. The Balaban J connectivity index is 1.89. The van der Waals surface area contributed by atoms with Crippen LogP contribution in [-0.4, -0.2) is 39.0 Å². The van der Waals surface area contributed by atoms with Crippen molar-refractivity contribution < 1.29 is 23.8 Å². The summed E-state index contributed by atoms with van der Waals surface area (Å²) in [6.45, 7) is 14.4. The first kappa shape index (κ1) is 27.2. The summed E-state index contributed by atoms with van der Waals surface area (Å²) in [7, 11) is 0. The van der Waals surface area contributed by atoms with Gasteiger partial charge in [0, 0.05) is 23.5 Å². The fourth-order valence-electron chi connectivity index (χ4n) is 5.04. The zero-order valence-corrected chi connectivity index (χ0v) is 24.1. The maximum Gasteiger partial charge on any atom is 0.344 e. The minimum Gasteiger partial charge on any atom is -0.456 e. The van der Waals surface area contributed by atoms with Crippen molar-refractivity contribution >= 4 is 23.5 Å². The smallest absolute Gasteiger partial charge is 0.344 e. The zero-order valence-electron chi connectivity index (χ0n) is 24.1. The average molecular weight is 540 g/mol. The molecule has 0 fully saturated rings. The summed E-state index contributed by atoms with van der Waals surface area (Å²) in [5.41, 5.74) is 1.16. The molecule has 1 spiro atoms. The van der Waals surface area contributed by atoms with Gasteiger partial charge in [-0.05, 0) is 78.6 Å². The molecule has 1 aliphatic carbocycles. The molecule has 3 aromatic rings. The van der Waals surface area contributed by atoms with Gasteiger partial charge in [0.05, 0.1) is 5.69 Å². The molecule has 0 atom stereocenters. The summed E-state index contributed by atoms with van der Waals surface area (Å²) < 4.78 is 18.5. The van der Waals surface area contributed by atoms with Crippen molar-refractivity contribution in [3.05, 3.63) is 88.5 Å². The number of para-hydroxylation sites is 1. The Morgan fingerprint density at radius 2 is 1.27 bits per heavy atom. The highest BCUT2D eigenvalue weighted by Crippen LogP contribution is 2.56. The first-order valence-corrected chi connectivity index (χ1v) is 13.2. The van der Waals surface area contributed by atoms with Crippen LogP contribution < -0.4 is 0 Å². The molecule has 0 N–H and O–H groups in total. The lowest BCUT2D eigenvalue weighted by Gasteiger charge is -2.28. The molecule has 2 aromatic heterocycles. The Hall–Kier alpha value is -4.33. The van der Waals surface area contributed by atoms with Gasteiger partial charge in [0.2, 0.25) is 11.5 Å². The van der Waals surface area contributed by atoms with Crippen LogP contribution >= 0.6 is 0 Å². The molecule has 5 rings (SSSR count). The normalized spacial score (nSPS) is 16.6. The molecule has 0 radical (unpaired) electrons. The lowest BCUT2D eigenvalue weighted by molar-refractivity contribution is -0.154. The van der Waals surface area contributed by atoms with Gasteiger partial charge >= 0.3 is 11.9 Å². The van der Waals surface area contributed by atoms with E-state index in [0.717, 1.165) is 22.3 Å². The average Bonchev–Trinajstić information content (AvgIpc) is 3.34. The Labute approximate surface area is 234 Å². The largest absolute Gasteiger partial charge is 0.456 e. The van der Waals surface area contributed by atoms with E-state index in [9.17, 15) is 9.59 Å². The number of carbonyl (C=O) groups excluding carboxylic acids is 2. The Kier molecular flexibility index (Phi) is 6.40. The lowest BCUT2D eigenvalue weighted by Crippen LogP contribution is -2.37. The molecule has 40 heavy (non-hydrogen) atoms. The molecular weight excluding hydrogens is 506 g/mol. The van der Waals surface area contributed by atoms with Gasteiger partial charge in [-0.2, -0.15) is 0 Å². The van der Waals surface area contributed by atoms with E-state index in [1.165, 1.54) is 0 Å². The fraction of sp³-hybridized carbons (Fsp3) is 0.344. The van der Waals surface area contributed by atoms with E-state index in [0.29, 0.717) is 17.1 Å². The summed E-state index contributed by atoms with van der Waals surface area (Å²) in [4.78, 5) is 42.4. The van der Waals surface area contributed by atoms with E-state index < -0.39 is 28.7 Å². The summed E-state index contributed by atoms with van der Waals surface area (Å²) in [5, 5.41) is 0. The maximum atomic E-state index is 14.2. The molecule has 3 heterocycles. The van der Waals surface area contributed by atoms with Crippen LogP contribution in [0.25, 0.3) is 11.1 Å². The number of pyridine rings is 2. The van der Waals surface area contributed by atoms with Gasteiger partial charge in [0.15, 0.2) is 0 Å². The molecule has 8 nitrogen and oxygen atoms in total. The minimum atomic E-state index is -1.67. The van der Waals surface area contributed by atoms with Crippen LogP contribution in [0.2, 0.25) is 0 Å². The number of nitrogens with zero attached hydrogens (tertiary/aromatic N) is 3. The second kappa shape index (κ2) is 9.40. The van der Waals surface area contributed by atoms with E-state index >= 15 is 0 Å². The lowest BCUT2D eigenvalue weighted by atomic mass is 9.87. The van der Waals surface area contributed by atoms with Crippen LogP contribution in [0, 0.1) is 13.8 Å². The highest BCUT2D eigenvalue weighted by Gasteiger charge is 2.62. The SMILES string of the molecule is Cc1cccc(C)c1N=C1OC2(C(C(=O)OC(C)(C)C)=C1C(=O)OC(C)(C)C)c1ncccc1-c1cccnc12. The van der Waals surface area contributed by atoms with Crippen molar-refractivity contribution in [2.45, 2.75) is 72.2 Å². The molecule has 0 saturated carbocycles. The number of carbonyl (C=O) groups is 2. The first-order valence-electron chi connectivity index (χ1n) is 13.2. The molecule has 1 aliphatic heterocycles. The van der Waals surface area contributed by atoms with E-state index in [1.807, 2.05) is 44.2 Å². The number of aliphatic imine (C=N–C) groups is 1. The van der Waals surface area contributed by atoms with Crippen molar-refractivity contribution in [1.29, 1.82) is 0 Å². The van der Waals surface area contributed by atoms with Crippen molar-refractivity contribution in [2.75, 3.05) is 0 Å². The number of ether oxygens (including phenoxy) is 3. The monoisotopic (exact) mass is 539 g/mol. The fourth-order valence-corrected chi connectivity index (χ4v) is 5.04. The van der Waals surface area contributed by atoms with Crippen LogP contribution in [0.4, 0.5) is 5.69 Å². The minimum absolute atomic E-state index is 0.0531. The molecule has 206 valence electrons. The van der Waals surface area contributed by atoms with Crippen LogP contribution in [0.5, 0.6) is 0 Å². The van der Waals surface area contributed by atoms with Crippen LogP contribution in [-0.2, 0) is 29.4 Å². The van der Waals surface area contributed by atoms with E-state index in [4.69, 9.17) is 19.2 Å². The van der Waals surface area contributed by atoms with Gasteiger partial charge in [0.25, 0.3) is 0 Å². The first-order chi connectivity index (χ1) is 18.7. The Morgan fingerprint density at radius 3 is 1.77 bits per heavy atom. The Bertz CT molecular complexity index is 1540. The topological polar surface area (TPSA) is 100.0 Å². The zero-order chi connectivity index (χ0) is 29.0. The molecule has 8 heteroatoms. The predicted molar refractivity (Wildman–Crippen MR) is 151 cm³/mol. The molecule has 0 bridgehead atoms. The van der Waals surface area contributed by atoms with Gasteiger partial charge in [-0.25, -0.2) is 14.6 Å². The van der Waals surface area contributed by atoms with Gasteiger partial charge < -0.3 is 14.2 Å². The van der Waals surface area contributed by atoms with E-state index in [-0.39, 0.29) is 17.0 Å². The van der Waals surface area contributed by atoms with Crippen molar-refractivity contribution in [1.82, 2.24) is 9.97 Å². The molecule has 1 aromatic carbocycles. The summed E-state index contributed by atoms with van der Waals surface area (Å²) in [6, 6.07) is 13.2. The third kappa shape index (κ3) is 4.57. The van der Waals surface area contributed by atoms with Gasteiger partial charge in [-0.3, -0.25) is 9.97 Å². The molecular formula is C32H33N3O5. The molecule has 0 amide bonds. The molecule has 0 saturated heterocycles. The highest BCUT2D eigenvalue weighted by atomic mass is 16.6. The number of hydrogen-bond donors (Lipinski definition) is 0. The van der Waals surface area contributed by atoms with E-state index in [2.05, 4.69) is 9.97 Å². The van der Waals surface area contributed by atoms with Crippen molar-refractivity contribution in [3.8, 4) is 11.1 Å². The molecule has 0 unspecified atom stereocenters. The summed E-state index contributed by atoms with van der Waals surface area (Å²) in [6.07, 6.45) is 3.24. The van der Waals surface area contributed by atoms with Gasteiger partial charge in [-0.15, -0.1) is 0 Å². The van der Waals surface area contributed by atoms with E-state index in [1.54, 1.807) is 66.1 Å². The Morgan fingerprint density at radius 1 is 0.775 bits per heavy atom. The number of esters is 2. The van der Waals surface area contributed by atoms with Gasteiger partial charge in [0.1, 0.15) is 33.7 Å². The second-order valence-electron chi connectivity index (χ2n) is 12.0. The summed E-state index contributed by atoms with van der Waals surface area (Å²) in [5.74, 6) is -1.55. The van der Waals surface area contributed by atoms with Crippen LogP contribution in [0.3, 0.4) is 0 Å². The quantitative estimate of drug-likeness (QED) is 0.373. The van der Waals surface area contributed by atoms with Crippen molar-refractivity contribution in [3.63, 3.8) is 0 Å². The molecule has 2 aliphatic rings. The number of fused-ring (bicyclic) bond motifs is 5. The van der Waals surface area contributed by atoms with Crippen molar-refractivity contribution in [2.24, 2.45) is 4.99 Å². The third-order valence-corrected chi connectivity index (χ3v) is 6.50. The number of benzene rings is 1. The number of hydrogen-bond acceptors (Lipinski definition) is 8. The number of rotatable bonds is 3.